The van der Waals surface area contributed by atoms with E-state index in [1.807, 2.05) is 4.90 Å². The van der Waals surface area contributed by atoms with Crippen LogP contribution in [0.25, 0.3) is 11.1 Å². The predicted octanol–water partition coefficient (Wildman–Crippen LogP) is 0.803. The number of nitrogen functional groups attached to an aromatic ring is 1. The van der Waals surface area contributed by atoms with E-state index < -0.39 is 5.76 Å². The van der Waals surface area contributed by atoms with Crippen molar-refractivity contribution in [2.75, 3.05) is 51.2 Å². The Kier molecular flexibility index (Phi) is 4.65. The predicted molar refractivity (Wildman–Crippen MR) is 77.2 cm³/mol. The van der Waals surface area contributed by atoms with Gasteiger partial charge in [-0.05, 0) is 6.07 Å². The van der Waals surface area contributed by atoms with Gasteiger partial charge < -0.3 is 24.5 Å². The summed E-state index contributed by atoms with van der Waals surface area (Å²) in [7, 11) is 3.29. The molecule has 0 aliphatic carbocycles. The lowest BCUT2D eigenvalue weighted by molar-refractivity contribution is 0.190. The number of nitrogens with one attached hydrogen (secondary N) is 1. The molecule has 0 fully saturated rings. The van der Waals surface area contributed by atoms with Crippen molar-refractivity contribution >= 4 is 22.5 Å². The highest BCUT2D eigenvalue weighted by Gasteiger charge is 2.13. The molecule has 0 radical (unpaired) electrons. The number of hydrogen-bond donors (Lipinski definition) is 2. The van der Waals surface area contributed by atoms with Crippen LogP contribution in [0, 0.1) is 0 Å². The van der Waals surface area contributed by atoms with E-state index in [1.54, 1.807) is 26.4 Å². The van der Waals surface area contributed by atoms with Crippen molar-refractivity contribution in [1.82, 2.24) is 4.98 Å². The zero-order chi connectivity index (χ0) is 14.5. The molecule has 2 rings (SSSR count). The number of ether oxygens (including phenoxy) is 2. The molecular formula is C13H19N3O4. The maximum absolute atomic E-state index is 11.2. The third-order valence-electron chi connectivity index (χ3n) is 3.04. The second-order valence-corrected chi connectivity index (χ2v) is 4.39. The molecule has 0 saturated heterocycles. The molecule has 20 heavy (non-hydrogen) atoms. The average Bonchev–Trinajstić information content (AvgIpc) is 2.77. The van der Waals surface area contributed by atoms with E-state index in [0.29, 0.717) is 43.1 Å². The summed E-state index contributed by atoms with van der Waals surface area (Å²) in [5.74, 6) is -0.489. The van der Waals surface area contributed by atoms with Crippen molar-refractivity contribution in [2.24, 2.45) is 0 Å². The summed E-state index contributed by atoms with van der Waals surface area (Å²) in [6, 6.07) is 3.45. The van der Waals surface area contributed by atoms with E-state index >= 15 is 0 Å². The second-order valence-electron chi connectivity index (χ2n) is 4.39. The van der Waals surface area contributed by atoms with E-state index in [4.69, 9.17) is 19.6 Å². The zero-order valence-corrected chi connectivity index (χ0v) is 11.6. The van der Waals surface area contributed by atoms with Gasteiger partial charge in [-0.25, -0.2) is 4.79 Å². The molecule has 3 N–H and O–H groups in total. The number of hydrogen-bond acceptors (Lipinski definition) is 6. The summed E-state index contributed by atoms with van der Waals surface area (Å²) in [6.45, 7) is 2.50. The van der Waals surface area contributed by atoms with Crippen molar-refractivity contribution in [3.05, 3.63) is 22.7 Å². The minimum Gasteiger partial charge on any atom is -0.408 e. The zero-order valence-electron chi connectivity index (χ0n) is 11.6. The van der Waals surface area contributed by atoms with Crippen LogP contribution >= 0.6 is 0 Å². The number of aromatic amines is 1. The number of nitrogens with zero attached hydrogens (tertiary/aromatic N) is 1. The molecule has 0 bridgehead atoms. The summed E-state index contributed by atoms with van der Waals surface area (Å²) < 4.78 is 15.2. The number of nitrogens with two attached hydrogens (primary N) is 1. The Morgan fingerprint density at radius 1 is 1.25 bits per heavy atom. The molecule has 0 unspecified atom stereocenters. The first-order valence-corrected chi connectivity index (χ1v) is 6.31. The SMILES string of the molecule is COCCN(CCOC)c1cc2[nH]c(=O)oc2cc1N. The van der Waals surface area contributed by atoms with Crippen molar-refractivity contribution in [3.63, 3.8) is 0 Å². The van der Waals surface area contributed by atoms with Gasteiger partial charge in [0.25, 0.3) is 0 Å². The van der Waals surface area contributed by atoms with Gasteiger partial charge in [0.15, 0.2) is 5.58 Å². The van der Waals surface area contributed by atoms with Crippen molar-refractivity contribution in [1.29, 1.82) is 0 Å². The normalized spacial score (nSPS) is 11.1. The van der Waals surface area contributed by atoms with E-state index in [1.165, 1.54) is 0 Å². The third kappa shape index (κ3) is 3.12. The number of methoxy groups -OCH3 is 2. The number of rotatable bonds is 7. The molecule has 0 aliphatic rings. The Hall–Kier alpha value is -1.99. The van der Waals surface area contributed by atoms with E-state index in [9.17, 15) is 4.79 Å². The van der Waals surface area contributed by atoms with Crippen LogP contribution in [0.3, 0.4) is 0 Å². The molecule has 110 valence electrons. The molecule has 7 nitrogen and oxygen atoms in total. The van der Waals surface area contributed by atoms with Gasteiger partial charge in [-0.3, -0.25) is 4.98 Å². The first-order chi connectivity index (χ1) is 9.65. The average molecular weight is 281 g/mol. The lowest BCUT2D eigenvalue weighted by atomic mass is 10.2. The van der Waals surface area contributed by atoms with Crippen molar-refractivity contribution < 1.29 is 13.9 Å². The molecular weight excluding hydrogens is 262 g/mol. The minimum absolute atomic E-state index is 0.453. The Labute approximate surface area is 116 Å². The van der Waals surface area contributed by atoms with Gasteiger partial charge in [-0.1, -0.05) is 0 Å². The molecule has 0 atom stereocenters. The minimum atomic E-state index is -0.489. The maximum Gasteiger partial charge on any atom is 0.417 e. The lowest BCUT2D eigenvalue weighted by Gasteiger charge is -2.25. The number of fused-ring (bicyclic) bond motifs is 1. The monoisotopic (exact) mass is 281 g/mol. The number of oxazole rings is 1. The molecule has 7 heteroatoms. The highest BCUT2D eigenvalue weighted by molar-refractivity contribution is 5.85. The molecule has 0 spiro atoms. The van der Waals surface area contributed by atoms with E-state index in [0.717, 1.165) is 5.69 Å². The van der Waals surface area contributed by atoms with E-state index in [2.05, 4.69) is 4.98 Å². The largest absolute Gasteiger partial charge is 0.417 e. The van der Waals surface area contributed by atoms with Gasteiger partial charge in [0, 0.05) is 33.4 Å². The van der Waals surface area contributed by atoms with Gasteiger partial charge in [0.2, 0.25) is 0 Å². The smallest absolute Gasteiger partial charge is 0.408 e. The fourth-order valence-corrected chi connectivity index (χ4v) is 2.03. The number of benzene rings is 1. The lowest BCUT2D eigenvalue weighted by Crippen LogP contribution is -2.31. The van der Waals surface area contributed by atoms with Gasteiger partial charge in [-0.2, -0.15) is 0 Å². The van der Waals surface area contributed by atoms with Crippen molar-refractivity contribution in [2.45, 2.75) is 0 Å². The maximum atomic E-state index is 11.2. The standard InChI is InChI=1S/C13H19N3O4/c1-18-5-3-16(4-6-19-2)11-8-10-12(7-9(11)14)20-13(17)15-10/h7-8H,3-6,14H2,1-2H3,(H,15,17). The first-order valence-electron chi connectivity index (χ1n) is 6.31. The topological polar surface area (TPSA) is 93.7 Å². The summed E-state index contributed by atoms with van der Waals surface area (Å²) in [6.07, 6.45) is 0. The summed E-state index contributed by atoms with van der Waals surface area (Å²) in [5, 5.41) is 0. The third-order valence-corrected chi connectivity index (χ3v) is 3.04. The van der Waals surface area contributed by atoms with E-state index in [-0.39, 0.29) is 0 Å². The molecule has 1 aromatic carbocycles. The Bertz CT molecular complexity index is 612. The van der Waals surface area contributed by atoms with Gasteiger partial charge >= 0.3 is 5.76 Å². The van der Waals surface area contributed by atoms with Gasteiger partial charge in [-0.15, -0.1) is 0 Å². The molecule has 1 aromatic heterocycles. The highest BCUT2D eigenvalue weighted by atomic mass is 16.5. The fraction of sp³-hybridized carbons (Fsp3) is 0.462. The molecule has 1 heterocycles. The van der Waals surface area contributed by atoms with Crippen LogP contribution in [0.2, 0.25) is 0 Å². The number of aromatic nitrogens is 1. The van der Waals surface area contributed by atoms with Crippen LogP contribution in [0.5, 0.6) is 0 Å². The van der Waals surface area contributed by atoms with Gasteiger partial charge in [0.1, 0.15) is 0 Å². The number of H-pyrrole nitrogens is 1. The Morgan fingerprint density at radius 2 is 1.90 bits per heavy atom. The van der Waals surface area contributed by atoms with Crippen LogP contribution < -0.4 is 16.4 Å². The molecule has 0 aliphatic heterocycles. The molecule has 2 aromatic rings. The van der Waals surface area contributed by atoms with Gasteiger partial charge in [0.05, 0.1) is 30.1 Å². The number of anilines is 2. The van der Waals surface area contributed by atoms with Crippen molar-refractivity contribution in [3.8, 4) is 0 Å². The van der Waals surface area contributed by atoms with Crippen LogP contribution in [-0.4, -0.2) is 45.5 Å². The molecule has 0 amide bonds. The second kappa shape index (κ2) is 6.44. The van der Waals surface area contributed by atoms with Crippen LogP contribution in [0.4, 0.5) is 11.4 Å². The highest BCUT2D eigenvalue weighted by Crippen LogP contribution is 2.27. The van der Waals surface area contributed by atoms with Crippen LogP contribution in [0.1, 0.15) is 0 Å². The Morgan fingerprint density at radius 3 is 2.50 bits per heavy atom. The summed E-state index contributed by atoms with van der Waals surface area (Å²) >= 11 is 0. The van der Waals surface area contributed by atoms with Crippen LogP contribution in [0.15, 0.2) is 21.3 Å². The Balaban J connectivity index is 2.34. The quantitative estimate of drug-likeness (QED) is 0.729. The fourth-order valence-electron chi connectivity index (χ4n) is 2.03. The summed E-state index contributed by atoms with van der Waals surface area (Å²) in [4.78, 5) is 15.9. The first kappa shape index (κ1) is 14.4. The molecule has 0 saturated carbocycles. The summed E-state index contributed by atoms with van der Waals surface area (Å²) in [5.41, 5.74) is 8.49. The van der Waals surface area contributed by atoms with Crippen LogP contribution in [-0.2, 0) is 9.47 Å².